The average molecular weight is 664 g/mol. The molecule has 0 spiro atoms. The summed E-state index contributed by atoms with van der Waals surface area (Å²) >= 11 is 6.06. The SMILES string of the molecule is CCC(C)NC(=O)C(Cc1ccccc1)N(Cc1ccc(F)cc1)C(=O)CN(c1ccc(C)c(C)c1)S(=O)(=O)c1ccc(Cl)cc1. The second kappa shape index (κ2) is 15.4. The number of nitrogens with one attached hydrogen (secondary N) is 1. The van der Waals surface area contributed by atoms with E-state index < -0.39 is 34.3 Å². The highest BCUT2D eigenvalue weighted by Gasteiger charge is 2.35. The molecular formula is C36H39ClFN3O4S. The Morgan fingerprint density at radius 1 is 0.870 bits per heavy atom. The number of nitrogens with zero attached hydrogens (tertiary/aromatic N) is 2. The molecule has 0 aromatic heterocycles. The molecule has 0 aliphatic rings. The van der Waals surface area contributed by atoms with Gasteiger partial charge in [0, 0.05) is 24.0 Å². The molecule has 0 saturated carbocycles. The van der Waals surface area contributed by atoms with Crippen molar-refractivity contribution in [2.24, 2.45) is 0 Å². The molecule has 4 aromatic rings. The van der Waals surface area contributed by atoms with Gasteiger partial charge in [-0.2, -0.15) is 0 Å². The highest BCUT2D eigenvalue weighted by Crippen LogP contribution is 2.28. The van der Waals surface area contributed by atoms with Gasteiger partial charge in [-0.15, -0.1) is 0 Å². The summed E-state index contributed by atoms with van der Waals surface area (Å²) in [5, 5.41) is 3.37. The lowest BCUT2D eigenvalue weighted by Gasteiger charge is -2.34. The van der Waals surface area contributed by atoms with E-state index in [2.05, 4.69) is 5.32 Å². The van der Waals surface area contributed by atoms with Gasteiger partial charge in [-0.05, 0) is 98.0 Å². The standard InChI is InChI=1S/C36H39ClFN3O4S/c1-5-27(4)39-36(43)34(22-28-9-7-6-8-10-28)40(23-29-12-16-31(38)17-13-29)35(42)24-41(32-18-11-25(2)26(3)21-32)46(44,45)33-19-14-30(37)15-20-33/h6-21,27,34H,5,22-24H2,1-4H3,(H,39,43). The molecule has 0 aliphatic carbocycles. The van der Waals surface area contributed by atoms with Gasteiger partial charge in [0.05, 0.1) is 10.6 Å². The first-order valence-electron chi connectivity index (χ1n) is 15.1. The van der Waals surface area contributed by atoms with E-state index in [9.17, 15) is 22.4 Å². The van der Waals surface area contributed by atoms with Gasteiger partial charge in [0.1, 0.15) is 18.4 Å². The summed E-state index contributed by atoms with van der Waals surface area (Å²) in [5.41, 5.74) is 3.52. The molecule has 0 aliphatic heterocycles. The second-order valence-electron chi connectivity index (χ2n) is 11.4. The summed E-state index contributed by atoms with van der Waals surface area (Å²) in [7, 11) is -4.26. The smallest absolute Gasteiger partial charge is 0.264 e. The second-order valence-corrected chi connectivity index (χ2v) is 13.7. The van der Waals surface area contributed by atoms with E-state index in [4.69, 9.17) is 11.6 Å². The summed E-state index contributed by atoms with van der Waals surface area (Å²) in [6.45, 7) is 6.97. The molecule has 242 valence electrons. The van der Waals surface area contributed by atoms with E-state index in [0.29, 0.717) is 22.7 Å². The molecule has 1 N–H and O–H groups in total. The third-order valence-electron chi connectivity index (χ3n) is 8.00. The summed E-state index contributed by atoms with van der Waals surface area (Å²) in [6.07, 6.45) is 0.860. The molecule has 0 bridgehead atoms. The summed E-state index contributed by atoms with van der Waals surface area (Å²) in [6, 6.07) is 24.7. The Kier molecular flexibility index (Phi) is 11.6. The lowest BCUT2D eigenvalue weighted by atomic mass is 10.0. The molecule has 4 rings (SSSR count). The molecule has 0 saturated heterocycles. The molecule has 2 unspecified atom stereocenters. The minimum atomic E-state index is -4.26. The van der Waals surface area contributed by atoms with Crippen LogP contribution in [0.3, 0.4) is 0 Å². The number of hydrogen-bond donors (Lipinski definition) is 1. The van der Waals surface area contributed by atoms with E-state index in [1.807, 2.05) is 58.0 Å². The normalized spacial score (nSPS) is 12.7. The van der Waals surface area contributed by atoms with Crippen molar-refractivity contribution in [1.82, 2.24) is 10.2 Å². The quantitative estimate of drug-likeness (QED) is 0.170. The molecule has 0 heterocycles. The predicted octanol–water partition coefficient (Wildman–Crippen LogP) is 6.85. The maximum Gasteiger partial charge on any atom is 0.264 e. The predicted molar refractivity (Wildman–Crippen MR) is 181 cm³/mol. The number of carbonyl (C=O) groups is 2. The summed E-state index contributed by atoms with van der Waals surface area (Å²) in [5.74, 6) is -1.40. The first-order chi connectivity index (χ1) is 21.9. The molecule has 4 aromatic carbocycles. The monoisotopic (exact) mass is 663 g/mol. The van der Waals surface area contributed by atoms with Crippen molar-refractivity contribution in [2.45, 2.75) is 64.1 Å². The molecule has 46 heavy (non-hydrogen) atoms. The molecule has 10 heteroatoms. The average Bonchev–Trinajstić information content (AvgIpc) is 3.04. The minimum Gasteiger partial charge on any atom is -0.352 e. The Morgan fingerprint density at radius 2 is 1.52 bits per heavy atom. The third-order valence-corrected chi connectivity index (χ3v) is 10.0. The highest BCUT2D eigenvalue weighted by atomic mass is 35.5. The fraction of sp³-hybridized carbons (Fsp3) is 0.278. The van der Waals surface area contributed by atoms with Gasteiger partial charge < -0.3 is 10.2 Å². The number of anilines is 1. The number of halogens is 2. The summed E-state index contributed by atoms with van der Waals surface area (Å²) in [4.78, 5) is 29.8. The minimum absolute atomic E-state index is 0.0386. The van der Waals surface area contributed by atoms with E-state index >= 15 is 0 Å². The van der Waals surface area contributed by atoms with Crippen molar-refractivity contribution in [1.29, 1.82) is 0 Å². The maximum atomic E-state index is 14.5. The van der Waals surface area contributed by atoms with Crippen molar-refractivity contribution in [3.05, 3.63) is 130 Å². The molecule has 2 atom stereocenters. The van der Waals surface area contributed by atoms with Crippen LogP contribution in [0.15, 0.2) is 102 Å². The van der Waals surface area contributed by atoms with Crippen LogP contribution < -0.4 is 9.62 Å². The van der Waals surface area contributed by atoms with Gasteiger partial charge in [0.25, 0.3) is 10.0 Å². The number of hydrogen-bond acceptors (Lipinski definition) is 4. The van der Waals surface area contributed by atoms with Crippen molar-refractivity contribution in [2.75, 3.05) is 10.8 Å². The fourth-order valence-corrected chi connectivity index (χ4v) is 6.46. The maximum absolute atomic E-state index is 14.5. The third kappa shape index (κ3) is 8.73. The molecule has 2 amide bonds. The van der Waals surface area contributed by atoms with Crippen LogP contribution in [-0.4, -0.2) is 43.8 Å². The number of carbonyl (C=O) groups excluding carboxylic acids is 2. The van der Waals surface area contributed by atoms with Crippen LogP contribution in [0.2, 0.25) is 5.02 Å². The van der Waals surface area contributed by atoms with E-state index in [0.717, 1.165) is 21.0 Å². The lowest BCUT2D eigenvalue weighted by Crippen LogP contribution is -2.54. The van der Waals surface area contributed by atoms with Crippen LogP contribution >= 0.6 is 11.6 Å². The topological polar surface area (TPSA) is 86.8 Å². The number of sulfonamides is 1. The van der Waals surface area contributed by atoms with Crippen molar-refractivity contribution in [3.63, 3.8) is 0 Å². The number of rotatable bonds is 13. The van der Waals surface area contributed by atoms with Gasteiger partial charge in [0.2, 0.25) is 11.8 Å². The fourth-order valence-electron chi connectivity index (χ4n) is 4.92. The Hall–Kier alpha value is -4.21. The largest absolute Gasteiger partial charge is 0.352 e. The first-order valence-corrected chi connectivity index (χ1v) is 16.9. The van der Waals surface area contributed by atoms with Gasteiger partial charge in [-0.3, -0.25) is 13.9 Å². The van der Waals surface area contributed by atoms with Crippen LogP contribution in [0.25, 0.3) is 0 Å². The van der Waals surface area contributed by atoms with Crippen molar-refractivity contribution < 1.29 is 22.4 Å². The van der Waals surface area contributed by atoms with E-state index in [1.165, 1.54) is 41.3 Å². The first kappa shape index (κ1) is 34.7. The summed E-state index contributed by atoms with van der Waals surface area (Å²) < 4.78 is 43.2. The Morgan fingerprint density at radius 3 is 2.13 bits per heavy atom. The number of benzene rings is 4. The Balaban J connectivity index is 1.82. The van der Waals surface area contributed by atoms with Crippen LogP contribution in [0.5, 0.6) is 0 Å². The Labute approximate surface area is 276 Å². The zero-order valence-corrected chi connectivity index (χ0v) is 28.0. The van der Waals surface area contributed by atoms with Gasteiger partial charge >= 0.3 is 0 Å². The molecule has 0 fully saturated rings. The van der Waals surface area contributed by atoms with Crippen molar-refractivity contribution in [3.8, 4) is 0 Å². The molecule has 7 nitrogen and oxygen atoms in total. The van der Waals surface area contributed by atoms with Crippen LogP contribution in [-0.2, 0) is 32.6 Å². The number of aryl methyl sites for hydroxylation is 2. The Bertz CT molecular complexity index is 1750. The van der Waals surface area contributed by atoms with E-state index in [1.54, 1.807) is 30.3 Å². The highest BCUT2D eigenvalue weighted by molar-refractivity contribution is 7.92. The zero-order valence-electron chi connectivity index (χ0n) is 26.4. The van der Waals surface area contributed by atoms with Gasteiger partial charge in [-0.25, -0.2) is 12.8 Å². The van der Waals surface area contributed by atoms with E-state index in [-0.39, 0.29) is 29.8 Å². The van der Waals surface area contributed by atoms with Gasteiger partial charge in [0.15, 0.2) is 0 Å². The van der Waals surface area contributed by atoms with Crippen LogP contribution in [0.4, 0.5) is 10.1 Å². The van der Waals surface area contributed by atoms with Crippen LogP contribution in [0, 0.1) is 19.7 Å². The zero-order chi connectivity index (χ0) is 33.4. The molecular weight excluding hydrogens is 625 g/mol. The number of amides is 2. The van der Waals surface area contributed by atoms with Gasteiger partial charge in [-0.1, -0.05) is 67.1 Å². The lowest BCUT2D eigenvalue weighted by molar-refractivity contribution is -0.140. The van der Waals surface area contributed by atoms with Crippen LogP contribution in [0.1, 0.15) is 42.5 Å². The molecule has 0 radical (unpaired) electrons. The van der Waals surface area contributed by atoms with Crippen molar-refractivity contribution >= 4 is 39.1 Å².